The lowest BCUT2D eigenvalue weighted by atomic mass is 9.73. The van der Waals surface area contributed by atoms with Crippen molar-refractivity contribution in [3.05, 3.63) is 73.9 Å². The highest BCUT2D eigenvalue weighted by molar-refractivity contribution is 6.31. The van der Waals surface area contributed by atoms with E-state index in [0.29, 0.717) is 34.8 Å². The van der Waals surface area contributed by atoms with Gasteiger partial charge in [0.05, 0.1) is 19.1 Å². The zero-order valence-electron chi connectivity index (χ0n) is 17.5. The lowest BCUT2D eigenvalue weighted by molar-refractivity contribution is -0.384. The number of carbonyl (C=O) groups is 2. The standard InChI is InChI=1S/C23H21ClN2O6/c1-31-14-4-6-21(32-2)15(10-14)12-7-19-23(20(27)8-12)17(11-22(28)25-19)16-9-13(26(29)30)3-5-18(16)24/h3-6,9-10,12,17H,7-8,11H2,1-2H3,(H,25,28)/t12-,17-/m1/s1. The minimum absolute atomic E-state index is 0.00138. The number of carbonyl (C=O) groups excluding carboxylic acids is 2. The van der Waals surface area contributed by atoms with E-state index in [-0.39, 0.29) is 41.2 Å². The first-order valence-electron chi connectivity index (χ1n) is 10.0. The van der Waals surface area contributed by atoms with Gasteiger partial charge in [-0.15, -0.1) is 0 Å². The number of non-ortho nitro benzene ring substituents is 1. The molecule has 0 saturated carbocycles. The predicted octanol–water partition coefficient (Wildman–Crippen LogP) is 4.27. The molecule has 1 N–H and O–H groups in total. The van der Waals surface area contributed by atoms with Crippen LogP contribution in [0.15, 0.2) is 47.7 Å². The smallest absolute Gasteiger partial charge is 0.269 e. The Labute approximate surface area is 189 Å². The Balaban J connectivity index is 1.77. The van der Waals surface area contributed by atoms with Crippen LogP contribution in [0, 0.1) is 10.1 Å². The Bertz CT molecular complexity index is 1160. The summed E-state index contributed by atoms with van der Waals surface area (Å²) in [7, 11) is 3.12. The first-order chi connectivity index (χ1) is 15.3. The van der Waals surface area contributed by atoms with Gasteiger partial charge in [-0.25, -0.2) is 0 Å². The van der Waals surface area contributed by atoms with Gasteiger partial charge in [-0.2, -0.15) is 0 Å². The average Bonchev–Trinajstić information content (AvgIpc) is 2.77. The van der Waals surface area contributed by atoms with Crippen LogP contribution < -0.4 is 14.8 Å². The molecule has 0 fully saturated rings. The summed E-state index contributed by atoms with van der Waals surface area (Å²) in [5.41, 5.74) is 2.08. The van der Waals surface area contributed by atoms with Crippen molar-refractivity contribution in [1.82, 2.24) is 5.32 Å². The summed E-state index contributed by atoms with van der Waals surface area (Å²) >= 11 is 6.34. The van der Waals surface area contributed by atoms with E-state index in [1.165, 1.54) is 18.2 Å². The number of Topliss-reactive ketones (excluding diaryl/α,β-unsaturated/α-hetero) is 1. The number of ketones is 1. The fourth-order valence-electron chi connectivity index (χ4n) is 4.52. The molecular weight excluding hydrogens is 436 g/mol. The van der Waals surface area contributed by atoms with Gasteiger partial charge < -0.3 is 14.8 Å². The molecule has 0 radical (unpaired) electrons. The van der Waals surface area contributed by atoms with Crippen molar-refractivity contribution in [2.24, 2.45) is 0 Å². The number of hydrogen-bond acceptors (Lipinski definition) is 6. The summed E-state index contributed by atoms with van der Waals surface area (Å²) in [6.45, 7) is 0. The number of nitro benzene ring substituents is 1. The van der Waals surface area contributed by atoms with Crippen LogP contribution in [0.1, 0.15) is 42.2 Å². The molecule has 4 rings (SSSR count). The number of amides is 1. The minimum Gasteiger partial charge on any atom is -0.497 e. The molecule has 9 heteroatoms. The number of nitrogens with zero attached hydrogens (tertiary/aromatic N) is 1. The molecule has 1 amide bonds. The number of hydrogen-bond donors (Lipinski definition) is 1. The summed E-state index contributed by atoms with van der Waals surface area (Å²) in [6, 6.07) is 9.48. The van der Waals surface area contributed by atoms with Crippen LogP contribution in [0.25, 0.3) is 0 Å². The molecule has 0 unspecified atom stereocenters. The topological polar surface area (TPSA) is 108 Å². The quantitative estimate of drug-likeness (QED) is 0.531. The zero-order valence-corrected chi connectivity index (χ0v) is 18.3. The van der Waals surface area contributed by atoms with Crippen LogP contribution in [-0.2, 0) is 9.59 Å². The molecule has 0 bridgehead atoms. The van der Waals surface area contributed by atoms with Crippen molar-refractivity contribution < 1.29 is 24.0 Å². The highest BCUT2D eigenvalue weighted by atomic mass is 35.5. The van der Waals surface area contributed by atoms with Gasteiger partial charge in [-0.3, -0.25) is 19.7 Å². The van der Waals surface area contributed by atoms with Gasteiger partial charge >= 0.3 is 0 Å². The van der Waals surface area contributed by atoms with Gasteiger partial charge in [0.25, 0.3) is 5.69 Å². The molecule has 2 aromatic rings. The molecule has 2 atom stereocenters. The normalized spacial score (nSPS) is 20.5. The molecule has 2 aromatic carbocycles. The molecule has 0 aromatic heterocycles. The first-order valence-corrected chi connectivity index (χ1v) is 10.4. The number of allylic oxidation sites excluding steroid dienone is 2. The van der Waals surface area contributed by atoms with Crippen LogP contribution in [-0.4, -0.2) is 30.8 Å². The SMILES string of the molecule is COc1ccc(OC)c([C@H]2CC(=O)C3=C(C2)NC(=O)C[C@@H]3c2cc([N+](=O)[O-])ccc2Cl)c1. The van der Waals surface area contributed by atoms with E-state index in [4.69, 9.17) is 21.1 Å². The van der Waals surface area contributed by atoms with Crippen molar-refractivity contribution in [3.8, 4) is 11.5 Å². The molecule has 8 nitrogen and oxygen atoms in total. The average molecular weight is 457 g/mol. The van der Waals surface area contributed by atoms with Crippen molar-refractivity contribution >= 4 is 29.0 Å². The third-order valence-electron chi connectivity index (χ3n) is 5.98. The van der Waals surface area contributed by atoms with Gasteiger partial charge in [0, 0.05) is 58.7 Å². The van der Waals surface area contributed by atoms with E-state index in [1.807, 2.05) is 6.07 Å². The van der Waals surface area contributed by atoms with Crippen LogP contribution in [0.2, 0.25) is 5.02 Å². The lowest BCUT2D eigenvalue weighted by Crippen LogP contribution is -2.38. The largest absolute Gasteiger partial charge is 0.497 e. The lowest BCUT2D eigenvalue weighted by Gasteiger charge is -2.35. The second kappa shape index (κ2) is 8.63. The van der Waals surface area contributed by atoms with Crippen LogP contribution >= 0.6 is 11.6 Å². The summed E-state index contributed by atoms with van der Waals surface area (Å²) < 4.78 is 10.8. The molecular formula is C23H21ClN2O6. The zero-order chi connectivity index (χ0) is 23.0. The van der Waals surface area contributed by atoms with E-state index in [0.717, 1.165) is 5.56 Å². The molecule has 166 valence electrons. The minimum atomic E-state index is -0.633. The monoisotopic (exact) mass is 456 g/mol. The van der Waals surface area contributed by atoms with Gasteiger partial charge in [0.1, 0.15) is 11.5 Å². The van der Waals surface area contributed by atoms with Gasteiger partial charge in [-0.1, -0.05) is 11.6 Å². The van der Waals surface area contributed by atoms with E-state index >= 15 is 0 Å². The molecule has 0 saturated heterocycles. The number of benzene rings is 2. The maximum Gasteiger partial charge on any atom is 0.269 e. The summed E-state index contributed by atoms with van der Waals surface area (Å²) in [4.78, 5) is 36.6. The fraction of sp³-hybridized carbons (Fsp3) is 0.304. The van der Waals surface area contributed by atoms with Gasteiger partial charge in [-0.05, 0) is 36.2 Å². The second-order valence-electron chi connectivity index (χ2n) is 7.80. The van der Waals surface area contributed by atoms with E-state index in [2.05, 4.69) is 5.32 Å². The van der Waals surface area contributed by atoms with Crippen LogP contribution in [0.5, 0.6) is 11.5 Å². The highest BCUT2D eigenvalue weighted by Gasteiger charge is 2.40. The van der Waals surface area contributed by atoms with Crippen LogP contribution in [0.3, 0.4) is 0 Å². The van der Waals surface area contributed by atoms with Crippen molar-refractivity contribution in [2.75, 3.05) is 14.2 Å². The molecule has 1 aliphatic heterocycles. The summed E-state index contributed by atoms with van der Waals surface area (Å²) in [5.74, 6) is 0.0313. The van der Waals surface area contributed by atoms with Crippen LogP contribution in [0.4, 0.5) is 5.69 Å². The molecule has 0 spiro atoms. The molecule has 1 heterocycles. The maximum absolute atomic E-state index is 13.3. The number of nitro groups is 1. The predicted molar refractivity (Wildman–Crippen MR) is 117 cm³/mol. The number of rotatable bonds is 5. The second-order valence-corrected chi connectivity index (χ2v) is 8.20. The van der Waals surface area contributed by atoms with E-state index < -0.39 is 10.8 Å². The number of halogens is 1. The summed E-state index contributed by atoms with van der Waals surface area (Å²) in [6.07, 6.45) is 0.624. The Morgan fingerprint density at radius 1 is 1.03 bits per heavy atom. The first kappa shape index (κ1) is 21.8. The van der Waals surface area contributed by atoms with Gasteiger partial charge in [0.2, 0.25) is 5.91 Å². The number of methoxy groups -OCH3 is 2. The van der Waals surface area contributed by atoms with Crippen molar-refractivity contribution in [3.63, 3.8) is 0 Å². The highest BCUT2D eigenvalue weighted by Crippen LogP contribution is 2.46. The Hall–Kier alpha value is -3.39. The molecule has 2 aliphatic rings. The van der Waals surface area contributed by atoms with Gasteiger partial charge in [0.15, 0.2) is 5.78 Å². The van der Waals surface area contributed by atoms with E-state index in [9.17, 15) is 19.7 Å². The summed E-state index contributed by atoms with van der Waals surface area (Å²) in [5, 5.41) is 14.4. The molecule has 32 heavy (non-hydrogen) atoms. The molecule has 1 aliphatic carbocycles. The number of nitrogens with one attached hydrogen (secondary N) is 1. The Morgan fingerprint density at radius 3 is 2.50 bits per heavy atom. The third kappa shape index (κ3) is 3.93. The van der Waals surface area contributed by atoms with Crippen molar-refractivity contribution in [1.29, 1.82) is 0 Å². The Morgan fingerprint density at radius 2 is 1.81 bits per heavy atom. The maximum atomic E-state index is 13.3. The van der Waals surface area contributed by atoms with Crippen molar-refractivity contribution in [2.45, 2.75) is 31.1 Å². The third-order valence-corrected chi connectivity index (χ3v) is 6.32. The fourth-order valence-corrected chi connectivity index (χ4v) is 4.77. The number of ether oxygens (including phenoxy) is 2. The Kier molecular flexibility index (Phi) is 5.88. The van der Waals surface area contributed by atoms with E-state index in [1.54, 1.807) is 26.4 Å².